The van der Waals surface area contributed by atoms with Crippen molar-refractivity contribution in [3.05, 3.63) is 187 Å². The Morgan fingerprint density at radius 3 is 2.29 bits per heavy atom. The summed E-state index contributed by atoms with van der Waals surface area (Å²) in [5.74, 6) is 0.997. The van der Waals surface area contributed by atoms with Crippen LogP contribution in [0.15, 0.2) is 181 Å². The van der Waals surface area contributed by atoms with Gasteiger partial charge in [-0.05, 0) is 58.7 Å². The fraction of sp³-hybridized carbons (Fsp3) is 0.0222. The van der Waals surface area contributed by atoms with Crippen molar-refractivity contribution in [2.75, 3.05) is 4.90 Å². The Hall–Kier alpha value is -6.52. The van der Waals surface area contributed by atoms with Crippen LogP contribution >= 0.6 is 0 Å². The first kappa shape index (κ1) is 27.6. The summed E-state index contributed by atoms with van der Waals surface area (Å²) in [5, 5.41) is 8.29. The smallest absolute Gasteiger partial charge is 0.146 e. The molecule has 7 aromatic rings. The maximum absolute atomic E-state index is 6.89. The summed E-state index contributed by atoms with van der Waals surface area (Å²) in [6, 6.07) is 38.3. The molecule has 3 aliphatic rings. The highest BCUT2D eigenvalue weighted by Crippen LogP contribution is 2.52. The zero-order chi connectivity index (χ0) is 32.5. The van der Waals surface area contributed by atoms with Gasteiger partial charge in [-0.15, -0.1) is 0 Å². The third-order valence-electron chi connectivity index (χ3n) is 9.90. The van der Waals surface area contributed by atoms with E-state index in [2.05, 4.69) is 179 Å². The van der Waals surface area contributed by atoms with Crippen LogP contribution < -0.4 is 10.2 Å². The average Bonchev–Trinajstić information content (AvgIpc) is 3.70. The average molecular weight is 630 g/mol. The van der Waals surface area contributed by atoms with E-state index in [9.17, 15) is 0 Å². The fourth-order valence-corrected chi connectivity index (χ4v) is 7.81. The van der Waals surface area contributed by atoms with Crippen LogP contribution in [0.4, 0.5) is 11.4 Å². The highest BCUT2D eigenvalue weighted by Gasteiger charge is 2.32. The molecule has 232 valence electrons. The van der Waals surface area contributed by atoms with Crippen molar-refractivity contribution in [3.8, 4) is 0 Å². The Bertz CT molecular complexity index is 2690. The van der Waals surface area contributed by atoms with Crippen LogP contribution in [-0.2, 0) is 0 Å². The number of furan rings is 1. The van der Waals surface area contributed by atoms with Crippen LogP contribution in [0.1, 0.15) is 11.1 Å². The summed E-state index contributed by atoms with van der Waals surface area (Å²) in [7, 11) is 0. The van der Waals surface area contributed by atoms with Crippen LogP contribution in [0.3, 0.4) is 0 Å². The molecule has 1 N–H and O–H groups in total. The second-order valence-electron chi connectivity index (χ2n) is 12.7. The van der Waals surface area contributed by atoms with Gasteiger partial charge in [-0.1, -0.05) is 128 Å². The lowest BCUT2D eigenvalue weighted by molar-refractivity contribution is 0.673. The first-order chi connectivity index (χ1) is 24.3. The second-order valence-corrected chi connectivity index (χ2v) is 12.7. The van der Waals surface area contributed by atoms with Gasteiger partial charge >= 0.3 is 0 Å². The third kappa shape index (κ3) is 4.11. The summed E-state index contributed by atoms with van der Waals surface area (Å²) in [6.07, 6.45) is 19.5. The first-order valence-electron chi connectivity index (χ1n) is 16.7. The Kier molecular flexibility index (Phi) is 6.06. The number of nitrogens with one attached hydrogen (secondary N) is 1. The molecule has 10 rings (SSSR count). The summed E-state index contributed by atoms with van der Waals surface area (Å²) in [5.41, 5.74) is 11.6. The molecule has 1 aliphatic carbocycles. The normalized spacial score (nSPS) is 18.4. The molecule has 5 aromatic carbocycles. The number of dihydropyridines is 1. The quantitative estimate of drug-likeness (QED) is 0.211. The van der Waals surface area contributed by atoms with Crippen molar-refractivity contribution in [2.45, 2.75) is 6.04 Å². The van der Waals surface area contributed by atoms with Crippen LogP contribution in [0.2, 0.25) is 0 Å². The Morgan fingerprint density at radius 2 is 1.43 bits per heavy atom. The molecule has 0 fully saturated rings. The van der Waals surface area contributed by atoms with Crippen LogP contribution in [0.5, 0.6) is 0 Å². The van der Waals surface area contributed by atoms with Crippen LogP contribution in [-0.4, -0.2) is 10.6 Å². The number of aromatic nitrogens is 1. The van der Waals surface area contributed by atoms with Gasteiger partial charge in [0.25, 0.3) is 0 Å². The number of allylic oxidation sites excluding steroid dienone is 8. The molecule has 1 atom stereocenters. The molecular weight excluding hydrogens is 599 g/mol. The molecule has 1 unspecified atom stereocenters. The minimum atomic E-state index is 0.0103. The minimum Gasteiger partial charge on any atom is -0.455 e. The molecule has 4 heteroatoms. The number of benzene rings is 5. The predicted molar refractivity (Wildman–Crippen MR) is 205 cm³/mol. The maximum atomic E-state index is 6.89. The fourth-order valence-electron chi connectivity index (χ4n) is 7.81. The van der Waals surface area contributed by atoms with Gasteiger partial charge in [0.2, 0.25) is 0 Å². The maximum Gasteiger partial charge on any atom is 0.146 e. The second kappa shape index (κ2) is 10.8. The summed E-state index contributed by atoms with van der Waals surface area (Å²) in [6.45, 7) is 4.68. The standard InChI is InChI=1S/C45H31N3O/c1-29-16-14-15-27-47(31-19-6-3-7-20-31)43-40(29)41-34-23-10-13-26-38(34)49-45(41)42-33-22-9-12-25-37(33)48(44(42)43)39-28-35(30-17-4-2-5-18-30)32-21-8-11-24-36(32)46-39/h2-28,36,46H,1H2/b16-14-,27-15-. The van der Waals surface area contributed by atoms with Gasteiger partial charge in [0, 0.05) is 33.6 Å². The van der Waals surface area contributed by atoms with E-state index in [1.807, 2.05) is 6.07 Å². The van der Waals surface area contributed by atoms with Gasteiger partial charge in [0.1, 0.15) is 17.0 Å². The lowest BCUT2D eigenvalue weighted by atomic mass is 9.89. The number of anilines is 2. The molecule has 0 saturated carbocycles. The molecule has 0 bridgehead atoms. The molecule has 2 aliphatic heterocycles. The zero-order valence-corrected chi connectivity index (χ0v) is 26.7. The molecule has 0 radical (unpaired) electrons. The summed E-state index contributed by atoms with van der Waals surface area (Å²) < 4.78 is 9.30. The van der Waals surface area contributed by atoms with E-state index in [-0.39, 0.29) is 6.04 Å². The van der Waals surface area contributed by atoms with Gasteiger partial charge in [0.15, 0.2) is 0 Å². The van der Waals surface area contributed by atoms with Crippen molar-refractivity contribution in [3.63, 3.8) is 0 Å². The van der Waals surface area contributed by atoms with Crippen molar-refractivity contribution in [2.24, 2.45) is 0 Å². The number of para-hydroxylation sites is 3. The highest BCUT2D eigenvalue weighted by molar-refractivity contribution is 6.31. The predicted octanol–water partition coefficient (Wildman–Crippen LogP) is 11.3. The number of hydrogen-bond donors (Lipinski definition) is 1. The summed E-state index contributed by atoms with van der Waals surface area (Å²) in [4.78, 5) is 2.31. The Balaban J connectivity index is 1.42. The highest BCUT2D eigenvalue weighted by atomic mass is 16.3. The van der Waals surface area contributed by atoms with E-state index in [0.717, 1.165) is 72.1 Å². The largest absolute Gasteiger partial charge is 0.455 e. The number of rotatable bonds is 3. The molecular formula is C45H31N3O. The van der Waals surface area contributed by atoms with E-state index in [4.69, 9.17) is 4.42 Å². The van der Waals surface area contributed by atoms with E-state index >= 15 is 0 Å². The molecule has 49 heavy (non-hydrogen) atoms. The Morgan fingerprint density at radius 1 is 0.694 bits per heavy atom. The number of hydrogen-bond acceptors (Lipinski definition) is 3. The Labute approximate surface area is 283 Å². The first-order valence-corrected chi connectivity index (χ1v) is 16.7. The molecule has 0 amide bonds. The zero-order valence-electron chi connectivity index (χ0n) is 26.7. The topological polar surface area (TPSA) is 33.3 Å². The van der Waals surface area contributed by atoms with E-state index in [1.54, 1.807) is 0 Å². The molecule has 0 spiro atoms. The van der Waals surface area contributed by atoms with Crippen LogP contribution in [0, 0.1) is 0 Å². The van der Waals surface area contributed by atoms with Gasteiger partial charge in [-0.3, -0.25) is 4.57 Å². The van der Waals surface area contributed by atoms with E-state index in [0.29, 0.717) is 0 Å². The van der Waals surface area contributed by atoms with Gasteiger partial charge in [-0.25, -0.2) is 0 Å². The lowest BCUT2D eigenvalue weighted by Gasteiger charge is -2.32. The number of nitrogens with zero attached hydrogens (tertiary/aromatic N) is 2. The van der Waals surface area contributed by atoms with Crippen molar-refractivity contribution < 1.29 is 4.42 Å². The molecule has 2 aromatic heterocycles. The molecule has 0 saturated heterocycles. The van der Waals surface area contributed by atoms with Crippen molar-refractivity contribution >= 4 is 72.1 Å². The monoisotopic (exact) mass is 629 g/mol. The van der Waals surface area contributed by atoms with Gasteiger partial charge in [0.05, 0.1) is 28.1 Å². The molecule has 4 nitrogen and oxygen atoms in total. The van der Waals surface area contributed by atoms with Crippen molar-refractivity contribution in [1.82, 2.24) is 9.88 Å². The minimum absolute atomic E-state index is 0.0103. The SMILES string of the molecule is C=C1/C=C\C=C/N(c2ccccc2)c2c1c1c3ccccc3oc1c1c3ccccc3n(C3=CC(c4ccccc4)=C4C=CC=CC4N3)c21. The number of fused-ring (bicyclic) bond motifs is 11. The molecule has 4 heterocycles. The van der Waals surface area contributed by atoms with Gasteiger partial charge in [-0.2, -0.15) is 0 Å². The van der Waals surface area contributed by atoms with E-state index in [1.165, 1.54) is 16.7 Å². The third-order valence-corrected chi connectivity index (χ3v) is 9.90. The summed E-state index contributed by atoms with van der Waals surface area (Å²) >= 11 is 0. The van der Waals surface area contributed by atoms with E-state index < -0.39 is 0 Å². The van der Waals surface area contributed by atoms with Crippen molar-refractivity contribution in [1.29, 1.82) is 0 Å². The van der Waals surface area contributed by atoms with Crippen LogP contribution in [0.25, 0.3) is 60.7 Å². The van der Waals surface area contributed by atoms with Gasteiger partial charge < -0.3 is 14.6 Å². The lowest BCUT2D eigenvalue weighted by Crippen LogP contribution is -2.33.